The molecule has 0 aromatic heterocycles. The smallest absolute Gasteiger partial charge is 0.223 e. The van der Waals surface area contributed by atoms with Crippen LogP contribution < -0.4 is 11.1 Å². The first kappa shape index (κ1) is 16.6. The Balaban J connectivity index is 0.00000161. The van der Waals surface area contributed by atoms with E-state index in [2.05, 4.69) is 5.32 Å². The molecule has 1 saturated carbocycles. The summed E-state index contributed by atoms with van der Waals surface area (Å²) in [5, 5.41) is 3.09. The average molecular weight is 331 g/mol. The van der Waals surface area contributed by atoms with E-state index in [-0.39, 0.29) is 42.1 Å². The van der Waals surface area contributed by atoms with E-state index in [4.69, 9.17) is 5.73 Å². The van der Waals surface area contributed by atoms with Crippen LogP contribution in [0.3, 0.4) is 0 Å². The second-order valence-corrected chi connectivity index (χ2v) is 6.79. The molecular weight excluding hydrogens is 311 g/mol. The van der Waals surface area contributed by atoms with Crippen molar-refractivity contribution < 1.29 is 9.18 Å². The van der Waals surface area contributed by atoms with Crippen molar-refractivity contribution in [3.05, 3.63) is 29.6 Å². The number of amides is 1. The molecule has 1 aromatic carbocycles. The summed E-state index contributed by atoms with van der Waals surface area (Å²) in [5.74, 6) is 0.809. The molecule has 0 bridgehead atoms. The molecule has 1 aliphatic heterocycles. The van der Waals surface area contributed by atoms with Crippen LogP contribution in [-0.2, 0) is 4.79 Å². The minimum absolute atomic E-state index is 0. The van der Waals surface area contributed by atoms with Crippen molar-refractivity contribution in [2.24, 2.45) is 11.7 Å². The quantitative estimate of drug-likeness (QED) is 0.876. The van der Waals surface area contributed by atoms with Gasteiger partial charge in [0.15, 0.2) is 0 Å². The monoisotopic (exact) mass is 330 g/mol. The van der Waals surface area contributed by atoms with Gasteiger partial charge in [-0.2, -0.15) is 0 Å². The van der Waals surface area contributed by atoms with Gasteiger partial charge in [0.1, 0.15) is 5.82 Å². The van der Waals surface area contributed by atoms with E-state index in [1.54, 1.807) is 23.9 Å². The van der Waals surface area contributed by atoms with E-state index < -0.39 is 0 Å². The fourth-order valence-corrected chi connectivity index (χ4v) is 4.16. The van der Waals surface area contributed by atoms with E-state index in [0.717, 1.165) is 41.9 Å². The Morgan fingerprint density at radius 2 is 2.14 bits per heavy atom. The van der Waals surface area contributed by atoms with Gasteiger partial charge in [-0.1, -0.05) is 0 Å². The van der Waals surface area contributed by atoms with Crippen LogP contribution in [-0.4, -0.2) is 17.7 Å². The second kappa shape index (κ2) is 6.99. The molecule has 0 radical (unpaired) electrons. The van der Waals surface area contributed by atoms with E-state index >= 15 is 0 Å². The van der Waals surface area contributed by atoms with Crippen LogP contribution in [0, 0.1) is 11.7 Å². The molecule has 2 aliphatic rings. The number of halogens is 2. The molecule has 1 heterocycles. The normalized spacial score (nSPS) is 27.6. The lowest BCUT2D eigenvalue weighted by molar-refractivity contribution is -0.125. The maximum atomic E-state index is 13.4. The summed E-state index contributed by atoms with van der Waals surface area (Å²) in [7, 11) is 0. The largest absolute Gasteiger partial charge is 0.349 e. The Morgan fingerprint density at radius 1 is 1.33 bits per heavy atom. The number of hydrogen-bond donors (Lipinski definition) is 2. The van der Waals surface area contributed by atoms with Gasteiger partial charge in [0, 0.05) is 22.6 Å². The van der Waals surface area contributed by atoms with E-state index in [1.165, 1.54) is 6.07 Å². The van der Waals surface area contributed by atoms with Gasteiger partial charge in [-0.15, -0.1) is 24.2 Å². The molecule has 0 spiro atoms. The minimum Gasteiger partial charge on any atom is -0.349 e. The number of carbonyl (C=O) groups excluding carboxylic acids is 1. The van der Waals surface area contributed by atoms with Crippen LogP contribution in [0.25, 0.3) is 0 Å². The van der Waals surface area contributed by atoms with Crippen molar-refractivity contribution in [1.29, 1.82) is 0 Å². The SMILES string of the molecule is Cl.NC1CCC(C(=O)NC2CCSc3ccc(F)cc32)C1. The fourth-order valence-electron chi connectivity index (χ4n) is 3.06. The van der Waals surface area contributed by atoms with Crippen LogP contribution >= 0.6 is 24.2 Å². The lowest BCUT2D eigenvalue weighted by atomic mass is 10.0. The number of carbonyl (C=O) groups is 1. The highest BCUT2D eigenvalue weighted by Crippen LogP contribution is 2.37. The number of hydrogen-bond acceptors (Lipinski definition) is 3. The molecule has 3 atom stereocenters. The molecule has 1 amide bonds. The van der Waals surface area contributed by atoms with E-state index in [1.807, 2.05) is 0 Å². The zero-order chi connectivity index (χ0) is 14.1. The summed E-state index contributed by atoms with van der Waals surface area (Å²) in [6.07, 6.45) is 3.41. The molecule has 1 aromatic rings. The van der Waals surface area contributed by atoms with Crippen molar-refractivity contribution >= 4 is 30.1 Å². The molecular formula is C15H20ClFN2OS. The molecule has 116 valence electrons. The molecule has 3 nitrogen and oxygen atoms in total. The number of thioether (sulfide) groups is 1. The van der Waals surface area contributed by atoms with Gasteiger partial charge in [-0.3, -0.25) is 4.79 Å². The van der Waals surface area contributed by atoms with Crippen LogP contribution in [0.1, 0.15) is 37.3 Å². The number of fused-ring (bicyclic) bond motifs is 1. The summed E-state index contributed by atoms with van der Waals surface area (Å²) in [6.45, 7) is 0. The van der Waals surface area contributed by atoms with E-state index in [0.29, 0.717) is 0 Å². The lowest BCUT2D eigenvalue weighted by Gasteiger charge is -2.27. The average Bonchev–Trinajstić information content (AvgIpc) is 2.86. The number of rotatable bonds is 2. The third kappa shape index (κ3) is 3.71. The number of benzene rings is 1. The third-order valence-electron chi connectivity index (χ3n) is 4.17. The van der Waals surface area contributed by atoms with Crippen molar-refractivity contribution in [3.63, 3.8) is 0 Å². The molecule has 1 fully saturated rings. The third-order valence-corrected chi connectivity index (χ3v) is 5.29. The van der Waals surface area contributed by atoms with Crippen LogP contribution in [0.15, 0.2) is 23.1 Å². The zero-order valence-electron chi connectivity index (χ0n) is 11.7. The first-order valence-electron chi connectivity index (χ1n) is 7.11. The predicted octanol–water partition coefficient (Wildman–Crippen LogP) is 3.03. The molecule has 1 aliphatic carbocycles. The summed E-state index contributed by atoms with van der Waals surface area (Å²) >= 11 is 1.72. The van der Waals surface area contributed by atoms with Gasteiger partial charge in [0.05, 0.1) is 6.04 Å². The van der Waals surface area contributed by atoms with Gasteiger partial charge in [-0.05, 0) is 49.4 Å². The Bertz CT molecular complexity index is 528. The topological polar surface area (TPSA) is 55.1 Å². The highest BCUT2D eigenvalue weighted by atomic mass is 35.5. The first-order chi connectivity index (χ1) is 9.63. The standard InChI is InChI=1S/C15H19FN2OS.ClH/c16-10-2-4-14-12(8-10)13(5-6-20-14)18-15(19)9-1-3-11(17)7-9;/h2,4,8-9,11,13H,1,3,5-7,17H2,(H,18,19);1H. The maximum Gasteiger partial charge on any atom is 0.223 e. The Morgan fingerprint density at radius 3 is 2.86 bits per heavy atom. The van der Waals surface area contributed by atoms with Crippen LogP contribution in [0.2, 0.25) is 0 Å². The molecule has 3 N–H and O–H groups in total. The van der Waals surface area contributed by atoms with E-state index in [9.17, 15) is 9.18 Å². The van der Waals surface area contributed by atoms with Gasteiger partial charge < -0.3 is 11.1 Å². The van der Waals surface area contributed by atoms with Crippen molar-refractivity contribution in [1.82, 2.24) is 5.32 Å². The highest BCUT2D eigenvalue weighted by Gasteiger charge is 2.30. The molecule has 0 saturated heterocycles. The van der Waals surface area contributed by atoms with Crippen LogP contribution in [0.5, 0.6) is 0 Å². The Hall–Kier alpha value is -0.780. The van der Waals surface area contributed by atoms with Gasteiger partial charge >= 0.3 is 0 Å². The molecule has 6 heteroatoms. The number of nitrogens with two attached hydrogens (primary N) is 1. The summed E-state index contributed by atoms with van der Waals surface area (Å²) in [5.41, 5.74) is 6.77. The van der Waals surface area contributed by atoms with Crippen LogP contribution in [0.4, 0.5) is 4.39 Å². The van der Waals surface area contributed by atoms with Gasteiger partial charge in [0.2, 0.25) is 5.91 Å². The predicted molar refractivity (Wildman–Crippen MR) is 85.2 cm³/mol. The van der Waals surface area contributed by atoms with Crippen molar-refractivity contribution in [3.8, 4) is 0 Å². The Kier molecular flexibility index (Phi) is 5.52. The molecule has 3 rings (SSSR count). The minimum atomic E-state index is -0.242. The fraction of sp³-hybridized carbons (Fsp3) is 0.533. The molecule has 21 heavy (non-hydrogen) atoms. The second-order valence-electron chi connectivity index (χ2n) is 5.65. The summed E-state index contributed by atoms with van der Waals surface area (Å²) < 4.78 is 13.4. The lowest BCUT2D eigenvalue weighted by Crippen LogP contribution is -2.35. The number of nitrogens with one attached hydrogen (secondary N) is 1. The summed E-state index contributed by atoms with van der Waals surface area (Å²) in [4.78, 5) is 13.4. The van der Waals surface area contributed by atoms with Crippen molar-refractivity contribution in [2.75, 3.05) is 5.75 Å². The maximum absolute atomic E-state index is 13.4. The first-order valence-corrected chi connectivity index (χ1v) is 8.10. The van der Waals surface area contributed by atoms with Gasteiger partial charge in [0.25, 0.3) is 0 Å². The van der Waals surface area contributed by atoms with Gasteiger partial charge in [-0.25, -0.2) is 4.39 Å². The highest BCUT2D eigenvalue weighted by molar-refractivity contribution is 7.99. The zero-order valence-corrected chi connectivity index (χ0v) is 13.3. The molecule has 3 unspecified atom stereocenters. The summed E-state index contributed by atoms with van der Waals surface area (Å²) in [6, 6.07) is 4.92. The van der Waals surface area contributed by atoms with Crippen molar-refractivity contribution in [2.45, 2.75) is 42.7 Å². The Labute approximate surface area is 134 Å².